The summed E-state index contributed by atoms with van der Waals surface area (Å²) in [6.45, 7) is 0.522. The third-order valence-corrected chi connectivity index (χ3v) is 4.70. The Morgan fingerprint density at radius 2 is 1.95 bits per heavy atom. The predicted octanol–water partition coefficient (Wildman–Crippen LogP) is 2.94. The summed E-state index contributed by atoms with van der Waals surface area (Å²) in [5.41, 5.74) is 6.68. The van der Waals surface area contributed by atoms with E-state index < -0.39 is 0 Å². The summed E-state index contributed by atoms with van der Waals surface area (Å²) in [5.74, 6) is 1.03. The van der Waals surface area contributed by atoms with Crippen LogP contribution >= 0.6 is 15.9 Å². The molecular weight excluding hydrogens is 310 g/mol. The zero-order valence-corrected chi connectivity index (χ0v) is 12.9. The van der Waals surface area contributed by atoms with Crippen molar-refractivity contribution in [2.24, 2.45) is 5.73 Å². The first-order chi connectivity index (χ1) is 9.09. The van der Waals surface area contributed by atoms with Crippen molar-refractivity contribution in [3.8, 4) is 17.2 Å². The topological polar surface area (TPSA) is 64.7 Å². The summed E-state index contributed by atoms with van der Waals surface area (Å²) < 4.78 is 11.3. The lowest BCUT2D eigenvalue weighted by atomic mass is 9.78. The van der Waals surface area contributed by atoms with Crippen molar-refractivity contribution in [2.45, 2.75) is 31.1 Å². The largest absolute Gasteiger partial charge is 0.504 e. The second-order valence-corrected chi connectivity index (χ2v) is 5.86. The third kappa shape index (κ3) is 2.30. The number of hydrogen-bond acceptors (Lipinski definition) is 4. The van der Waals surface area contributed by atoms with Gasteiger partial charge in [0.05, 0.1) is 14.2 Å². The smallest absolute Gasteiger partial charge is 0.203 e. The van der Waals surface area contributed by atoms with Gasteiger partial charge in [-0.3, -0.25) is 0 Å². The Bertz CT molecular complexity index is 470. The molecule has 106 valence electrons. The Balaban J connectivity index is 2.63. The molecule has 0 atom stereocenters. The monoisotopic (exact) mass is 329 g/mol. The number of ether oxygens (including phenoxy) is 2. The Hall–Kier alpha value is -0.940. The minimum atomic E-state index is -0.164. The SMILES string of the molecule is COc1cc(Br)c(C2(CN)CCCC2)c(O)c1OC. The van der Waals surface area contributed by atoms with E-state index in [1.807, 2.05) is 6.07 Å². The zero-order valence-electron chi connectivity index (χ0n) is 11.3. The zero-order chi connectivity index (χ0) is 14.0. The molecule has 1 fully saturated rings. The molecule has 0 aliphatic heterocycles. The molecule has 0 amide bonds. The average Bonchev–Trinajstić information content (AvgIpc) is 2.88. The quantitative estimate of drug-likeness (QED) is 0.891. The molecule has 2 rings (SSSR count). The van der Waals surface area contributed by atoms with Crippen LogP contribution in [0.15, 0.2) is 10.5 Å². The first kappa shape index (κ1) is 14.5. The molecule has 0 heterocycles. The molecule has 0 bridgehead atoms. The van der Waals surface area contributed by atoms with Crippen molar-refractivity contribution in [1.82, 2.24) is 0 Å². The van der Waals surface area contributed by atoms with Gasteiger partial charge >= 0.3 is 0 Å². The predicted molar refractivity (Wildman–Crippen MR) is 78.1 cm³/mol. The average molecular weight is 330 g/mol. The van der Waals surface area contributed by atoms with Gasteiger partial charge in [0.1, 0.15) is 0 Å². The van der Waals surface area contributed by atoms with Gasteiger partial charge in [-0.2, -0.15) is 0 Å². The maximum absolute atomic E-state index is 10.5. The van der Waals surface area contributed by atoms with Crippen molar-refractivity contribution in [1.29, 1.82) is 0 Å². The van der Waals surface area contributed by atoms with E-state index in [1.165, 1.54) is 7.11 Å². The molecule has 1 aliphatic rings. The summed E-state index contributed by atoms with van der Waals surface area (Å²) in [6.07, 6.45) is 4.26. The number of methoxy groups -OCH3 is 2. The number of aromatic hydroxyl groups is 1. The molecule has 0 aromatic heterocycles. The van der Waals surface area contributed by atoms with Crippen LogP contribution in [0.25, 0.3) is 0 Å². The molecular formula is C14H20BrNO3. The molecule has 1 aromatic rings. The molecule has 3 N–H and O–H groups in total. The number of hydrogen-bond donors (Lipinski definition) is 2. The van der Waals surface area contributed by atoms with Gasteiger partial charge in [0.15, 0.2) is 11.5 Å². The summed E-state index contributed by atoms with van der Waals surface area (Å²) in [4.78, 5) is 0. The van der Waals surface area contributed by atoms with Gasteiger partial charge in [-0.15, -0.1) is 0 Å². The van der Waals surface area contributed by atoms with Crippen molar-refractivity contribution < 1.29 is 14.6 Å². The molecule has 1 aliphatic carbocycles. The second-order valence-electron chi connectivity index (χ2n) is 5.01. The number of halogens is 1. The maximum Gasteiger partial charge on any atom is 0.203 e. The first-order valence-electron chi connectivity index (χ1n) is 6.43. The molecule has 4 nitrogen and oxygen atoms in total. The van der Waals surface area contributed by atoms with Crippen molar-refractivity contribution >= 4 is 15.9 Å². The number of rotatable bonds is 4. The van der Waals surface area contributed by atoms with Gasteiger partial charge in [0, 0.05) is 22.0 Å². The minimum absolute atomic E-state index is 0.140. The number of phenols is 1. The van der Waals surface area contributed by atoms with Gasteiger partial charge in [-0.25, -0.2) is 0 Å². The highest BCUT2D eigenvalue weighted by atomic mass is 79.9. The highest BCUT2D eigenvalue weighted by Gasteiger charge is 2.39. The van der Waals surface area contributed by atoms with E-state index in [4.69, 9.17) is 15.2 Å². The van der Waals surface area contributed by atoms with E-state index in [0.717, 1.165) is 35.7 Å². The fourth-order valence-electron chi connectivity index (χ4n) is 3.06. The number of benzene rings is 1. The van der Waals surface area contributed by atoms with E-state index in [9.17, 15) is 5.11 Å². The lowest BCUT2D eigenvalue weighted by Crippen LogP contribution is -2.32. The Morgan fingerprint density at radius 3 is 2.42 bits per heavy atom. The summed E-state index contributed by atoms with van der Waals surface area (Å²) in [6, 6.07) is 1.84. The Morgan fingerprint density at radius 1 is 1.32 bits per heavy atom. The molecule has 1 aromatic carbocycles. The first-order valence-corrected chi connectivity index (χ1v) is 7.23. The standard InChI is InChI=1S/C14H20BrNO3/c1-18-10-7-9(15)11(12(17)13(10)19-2)14(8-16)5-3-4-6-14/h7,17H,3-6,8,16H2,1-2H3. The molecule has 5 heteroatoms. The van der Waals surface area contributed by atoms with Crippen molar-refractivity contribution in [3.05, 3.63) is 16.1 Å². The molecule has 0 radical (unpaired) electrons. The van der Waals surface area contributed by atoms with Crippen LogP contribution in [0.1, 0.15) is 31.2 Å². The maximum atomic E-state index is 10.5. The van der Waals surface area contributed by atoms with Gasteiger partial charge in [-0.1, -0.05) is 28.8 Å². The van der Waals surface area contributed by atoms with Crippen LogP contribution in [0, 0.1) is 0 Å². The molecule has 0 saturated heterocycles. The summed E-state index contributed by atoms with van der Waals surface area (Å²) in [5, 5.41) is 10.5. The van der Waals surface area contributed by atoms with Gasteiger partial charge < -0.3 is 20.3 Å². The van der Waals surface area contributed by atoms with E-state index in [-0.39, 0.29) is 11.2 Å². The highest BCUT2D eigenvalue weighted by molar-refractivity contribution is 9.10. The van der Waals surface area contributed by atoms with Crippen LogP contribution in [0.4, 0.5) is 0 Å². The van der Waals surface area contributed by atoms with Crippen molar-refractivity contribution in [2.75, 3.05) is 20.8 Å². The van der Waals surface area contributed by atoms with Gasteiger partial charge in [0.25, 0.3) is 0 Å². The lowest BCUT2D eigenvalue weighted by molar-refractivity contribution is 0.322. The van der Waals surface area contributed by atoms with E-state index >= 15 is 0 Å². The van der Waals surface area contributed by atoms with Gasteiger partial charge in [0.2, 0.25) is 5.75 Å². The van der Waals surface area contributed by atoms with E-state index in [2.05, 4.69) is 15.9 Å². The fourth-order valence-corrected chi connectivity index (χ4v) is 3.87. The van der Waals surface area contributed by atoms with Crippen LogP contribution < -0.4 is 15.2 Å². The van der Waals surface area contributed by atoms with Crippen LogP contribution in [-0.2, 0) is 5.41 Å². The molecule has 1 saturated carbocycles. The number of phenolic OH excluding ortho intramolecular Hbond substituents is 1. The van der Waals surface area contributed by atoms with E-state index in [0.29, 0.717) is 18.0 Å². The van der Waals surface area contributed by atoms with Crippen LogP contribution in [-0.4, -0.2) is 25.9 Å². The highest BCUT2D eigenvalue weighted by Crippen LogP contribution is 2.52. The van der Waals surface area contributed by atoms with Crippen LogP contribution in [0.5, 0.6) is 17.2 Å². The number of nitrogens with two attached hydrogens (primary N) is 1. The minimum Gasteiger partial charge on any atom is -0.504 e. The lowest BCUT2D eigenvalue weighted by Gasteiger charge is -2.30. The molecule has 0 spiro atoms. The fraction of sp³-hybridized carbons (Fsp3) is 0.571. The van der Waals surface area contributed by atoms with Crippen LogP contribution in [0.3, 0.4) is 0 Å². The Labute approximate surface area is 122 Å². The van der Waals surface area contributed by atoms with Crippen LogP contribution in [0.2, 0.25) is 0 Å². The third-order valence-electron chi connectivity index (χ3n) is 4.08. The Kier molecular flexibility index (Phi) is 4.26. The summed E-state index contributed by atoms with van der Waals surface area (Å²) in [7, 11) is 3.08. The second kappa shape index (κ2) is 5.59. The molecule has 19 heavy (non-hydrogen) atoms. The molecule has 0 unspecified atom stereocenters. The van der Waals surface area contributed by atoms with E-state index in [1.54, 1.807) is 7.11 Å². The van der Waals surface area contributed by atoms with Crippen molar-refractivity contribution in [3.63, 3.8) is 0 Å². The normalized spacial score (nSPS) is 17.5. The summed E-state index contributed by atoms with van der Waals surface area (Å²) >= 11 is 3.54. The van der Waals surface area contributed by atoms with Gasteiger partial charge in [-0.05, 0) is 18.9 Å².